The molecule has 6 nitrogen and oxygen atoms in total. The SMILES string of the molecule is O=C1CCC(N2Cc3cc(N4CC(Br)C4)ccc3C2=O)C(=O)N1. The zero-order valence-electron chi connectivity index (χ0n) is 12.4. The molecule has 1 unspecified atom stereocenters. The summed E-state index contributed by atoms with van der Waals surface area (Å²) in [6, 6.07) is 5.30. The maximum absolute atomic E-state index is 12.6. The first kappa shape index (κ1) is 14.7. The first-order chi connectivity index (χ1) is 11.0. The Bertz CT molecular complexity index is 715. The van der Waals surface area contributed by atoms with Gasteiger partial charge < -0.3 is 9.80 Å². The minimum absolute atomic E-state index is 0.122. The van der Waals surface area contributed by atoms with Crippen LogP contribution in [0, 0.1) is 0 Å². The maximum Gasteiger partial charge on any atom is 0.255 e. The molecular formula is C16H16BrN3O3. The van der Waals surface area contributed by atoms with Gasteiger partial charge in [0.25, 0.3) is 5.91 Å². The summed E-state index contributed by atoms with van der Waals surface area (Å²) < 4.78 is 0. The number of benzene rings is 1. The molecule has 23 heavy (non-hydrogen) atoms. The molecule has 0 aliphatic carbocycles. The fourth-order valence-electron chi connectivity index (χ4n) is 3.39. The summed E-state index contributed by atoms with van der Waals surface area (Å²) in [4.78, 5) is 40.2. The Balaban J connectivity index is 1.55. The lowest BCUT2D eigenvalue weighted by atomic mass is 10.0. The normalized spacial score (nSPS) is 24.6. The number of nitrogens with one attached hydrogen (secondary N) is 1. The van der Waals surface area contributed by atoms with Gasteiger partial charge in [-0.3, -0.25) is 19.7 Å². The van der Waals surface area contributed by atoms with Crippen LogP contribution in [0.4, 0.5) is 5.69 Å². The number of rotatable bonds is 2. The molecule has 1 N–H and O–H groups in total. The molecular weight excluding hydrogens is 362 g/mol. The van der Waals surface area contributed by atoms with E-state index in [0.29, 0.717) is 23.4 Å². The molecule has 1 atom stereocenters. The Kier molecular flexibility index (Phi) is 3.41. The molecule has 3 amide bonds. The minimum atomic E-state index is -0.549. The van der Waals surface area contributed by atoms with E-state index in [-0.39, 0.29) is 24.1 Å². The van der Waals surface area contributed by atoms with Crippen LogP contribution < -0.4 is 10.2 Å². The van der Waals surface area contributed by atoms with Crippen LogP contribution in [-0.2, 0) is 16.1 Å². The highest BCUT2D eigenvalue weighted by molar-refractivity contribution is 9.09. The molecule has 4 rings (SSSR count). The van der Waals surface area contributed by atoms with Gasteiger partial charge in [-0.05, 0) is 30.2 Å². The number of hydrogen-bond donors (Lipinski definition) is 1. The van der Waals surface area contributed by atoms with Crippen molar-refractivity contribution < 1.29 is 14.4 Å². The van der Waals surface area contributed by atoms with E-state index in [0.717, 1.165) is 24.3 Å². The fraction of sp³-hybridized carbons (Fsp3) is 0.438. The predicted octanol–water partition coefficient (Wildman–Crippen LogP) is 1.03. The van der Waals surface area contributed by atoms with E-state index in [1.165, 1.54) is 0 Å². The first-order valence-corrected chi connectivity index (χ1v) is 8.61. The Labute approximate surface area is 141 Å². The van der Waals surface area contributed by atoms with Crippen molar-refractivity contribution in [2.45, 2.75) is 30.3 Å². The molecule has 7 heteroatoms. The molecule has 3 aliphatic rings. The van der Waals surface area contributed by atoms with Gasteiger partial charge in [0, 0.05) is 42.1 Å². The first-order valence-electron chi connectivity index (χ1n) is 7.69. The van der Waals surface area contributed by atoms with E-state index < -0.39 is 6.04 Å². The van der Waals surface area contributed by atoms with E-state index in [4.69, 9.17) is 0 Å². The van der Waals surface area contributed by atoms with Crippen LogP contribution in [0.3, 0.4) is 0 Å². The van der Waals surface area contributed by atoms with Crippen molar-refractivity contribution in [3.63, 3.8) is 0 Å². The zero-order chi connectivity index (χ0) is 16.1. The number of imide groups is 1. The Morgan fingerprint density at radius 2 is 1.96 bits per heavy atom. The Morgan fingerprint density at radius 3 is 2.65 bits per heavy atom. The maximum atomic E-state index is 12.6. The zero-order valence-corrected chi connectivity index (χ0v) is 14.0. The number of hydrogen-bond acceptors (Lipinski definition) is 4. The molecule has 2 fully saturated rings. The van der Waals surface area contributed by atoms with E-state index in [2.05, 4.69) is 26.1 Å². The number of halogens is 1. The van der Waals surface area contributed by atoms with Crippen molar-refractivity contribution >= 4 is 39.3 Å². The standard InChI is InChI=1S/C16H16BrN3O3/c17-10-7-19(8-10)11-1-2-12-9(5-11)6-20(16(12)23)13-3-4-14(21)18-15(13)22/h1-2,5,10,13H,3-4,6-8H2,(H,18,21,22). The van der Waals surface area contributed by atoms with E-state index in [1.807, 2.05) is 18.2 Å². The molecule has 0 bridgehead atoms. The van der Waals surface area contributed by atoms with Gasteiger partial charge in [0.1, 0.15) is 6.04 Å². The summed E-state index contributed by atoms with van der Waals surface area (Å²) in [6.45, 7) is 2.35. The van der Waals surface area contributed by atoms with Crippen LogP contribution in [-0.4, -0.2) is 46.6 Å². The smallest absolute Gasteiger partial charge is 0.255 e. The average molecular weight is 378 g/mol. The molecule has 0 spiro atoms. The fourth-order valence-corrected chi connectivity index (χ4v) is 4.09. The van der Waals surface area contributed by atoms with Gasteiger partial charge in [-0.2, -0.15) is 0 Å². The van der Waals surface area contributed by atoms with Crippen LogP contribution in [0.1, 0.15) is 28.8 Å². The number of fused-ring (bicyclic) bond motifs is 1. The molecule has 120 valence electrons. The quantitative estimate of drug-likeness (QED) is 0.617. The number of nitrogens with zero attached hydrogens (tertiary/aromatic N) is 2. The summed E-state index contributed by atoms with van der Waals surface area (Å²) in [5.74, 6) is -0.754. The van der Waals surface area contributed by atoms with Gasteiger partial charge in [-0.25, -0.2) is 0 Å². The summed E-state index contributed by atoms with van der Waals surface area (Å²) >= 11 is 3.57. The van der Waals surface area contributed by atoms with Crippen LogP contribution in [0.2, 0.25) is 0 Å². The molecule has 1 aromatic carbocycles. The van der Waals surface area contributed by atoms with Crippen LogP contribution in [0.25, 0.3) is 0 Å². The second-order valence-corrected chi connectivity index (χ2v) is 7.54. The van der Waals surface area contributed by atoms with Crippen molar-refractivity contribution in [3.8, 4) is 0 Å². The van der Waals surface area contributed by atoms with Crippen molar-refractivity contribution in [2.24, 2.45) is 0 Å². The lowest BCUT2D eigenvalue weighted by Gasteiger charge is -2.38. The third-order valence-corrected chi connectivity index (χ3v) is 5.29. The summed E-state index contributed by atoms with van der Waals surface area (Å²) in [5, 5.41) is 2.32. The molecule has 1 aromatic rings. The monoisotopic (exact) mass is 377 g/mol. The summed E-state index contributed by atoms with van der Waals surface area (Å²) in [7, 11) is 0. The van der Waals surface area contributed by atoms with Gasteiger partial charge >= 0.3 is 0 Å². The summed E-state index contributed by atoms with van der Waals surface area (Å²) in [5.41, 5.74) is 2.72. The molecule has 0 radical (unpaired) electrons. The van der Waals surface area contributed by atoms with E-state index >= 15 is 0 Å². The minimum Gasteiger partial charge on any atom is -0.369 e. The number of piperidine rings is 1. The summed E-state index contributed by atoms with van der Waals surface area (Å²) in [6.07, 6.45) is 0.677. The lowest BCUT2D eigenvalue weighted by Crippen LogP contribution is -2.52. The lowest BCUT2D eigenvalue weighted by molar-refractivity contribution is -0.136. The van der Waals surface area contributed by atoms with Crippen molar-refractivity contribution in [1.82, 2.24) is 10.2 Å². The van der Waals surface area contributed by atoms with Crippen molar-refractivity contribution in [3.05, 3.63) is 29.3 Å². The van der Waals surface area contributed by atoms with E-state index in [9.17, 15) is 14.4 Å². The highest BCUT2D eigenvalue weighted by Crippen LogP contribution is 2.32. The third-order valence-electron chi connectivity index (χ3n) is 4.71. The van der Waals surface area contributed by atoms with Crippen LogP contribution >= 0.6 is 15.9 Å². The Morgan fingerprint density at radius 1 is 1.17 bits per heavy atom. The van der Waals surface area contributed by atoms with Gasteiger partial charge in [-0.15, -0.1) is 0 Å². The topological polar surface area (TPSA) is 69.7 Å². The second-order valence-electron chi connectivity index (χ2n) is 6.24. The van der Waals surface area contributed by atoms with Gasteiger partial charge in [0.15, 0.2) is 0 Å². The second kappa shape index (κ2) is 5.33. The molecule has 3 aliphatic heterocycles. The predicted molar refractivity (Wildman–Crippen MR) is 87.4 cm³/mol. The average Bonchev–Trinajstić information content (AvgIpc) is 2.80. The number of alkyl halides is 1. The number of carbonyl (C=O) groups excluding carboxylic acids is 3. The number of amides is 3. The van der Waals surface area contributed by atoms with E-state index in [1.54, 1.807) is 4.90 Å². The van der Waals surface area contributed by atoms with Gasteiger partial charge in [0.2, 0.25) is 11.8 Å². The molecule has 0 saturated carbocycles. The van der Waals surface area contributed by atoms with Crippen molar-refractivity contribution in [2.75, 3.05) is 18.0 Å². The van der Waals surface area contributed by atoms with Crippen LogP contribution in [0.15, 0.2) is 18.2 Å². The molecule has 2 saturated heterocycles. The highest BCUT2D eigenvalue weighted by atomic mass is 79.9. The van der Waals surface area contributed by atoms with Crippen molar-refractivity contribution in [1.29, 1.82) is 0 Å². The highest BCUT2D eigenvalue weighted by Gasteiger charge is 2.39. The largest absolute Gasteiger partial charge is 0.369 e. The molecule has 0 aromatic heterocycles. The van der Waals surface area contributed by atoms with Gasteiger partial charge in [0.05, 0.1) is 0 Å². The van der Waals surface area contributed by atoms with Gasteiger partial charge in [-0.1, -0.05) is 15.9 Å². The molecule has 3 heterocycles. The number of carbonyl (C=O) groups is 3. The third kappa shape index (κ3) is 2.43. The Hall–Kier alpha value is -1.89. The van der Waals surface area contributed by atoms with Crippen LogP contribution in [0.5, 0.6) is 0 Å². The number of anilines is 1.